The van der Waals surface area contributed by atoms with Gasteiger partial charge in [0.25, 0.3) is 10.0 Å². The Kier molecular flexibility index (Phi) is 5.57. The van der Waals surface area contributed by atoms with Gasteiger partial charge in [-0.25, -0.2) is 8.42 Å². The number of ether oxygens (including phenoxy) is 1. The van der Waals surface area contributed by atoms with Crippen LogP contribution >= 0.6 is 11.3 Å². The second-order valence-electron chi connectivity index (χ2n) is 4.60. The van der Waals surface area contributed by atoms with Crippen LogP contribution in [0.5, 0.6) is 0 Å². The highest BCUT2D eigenvalue weighted by Gasteiger charge is 2.21. The Labute approximate surface area is 129 Å². The van der Waals surface area contributed by atoms with Crippen LogP contribution in [0.3, 0.4) is 0 Å². The van der Waals surface area contributed by atoms with Gasteiger partial charge in [-0.15, -0.1) is 11.3 Å². The smallest absolute Gasteiger partial charge is 0.252 e. The van der Waals surface area contributed by atoms with Crippen molar-refractivity contribution >= 4 is 27.3 Å². The Bertz CT molecular complexity index is 565. The fourth-order valence-corrected chi connectivity index (χ4v) is 4.24. The van der Waals surface area contributed by atoms with Crippen molar-refractivity contribution in [3.05, 3.63) is 17.5 Å². The van der Waals surface area contributed by atoms with Gasteiger partial charge in [0, 0.05) is 26.7 Å². The van der Waals surface area contributed by atoms with E-state index in [1.165, 1.54) is 15.6 Å². The molecule has 0 aliphatic carbocycles. The molecule has 2 N–H and O–H groups in total. The van der Waals surface area contributed by atoms with Gasteiger partial charge in [0.05, 0.1) is 19.8 Å². The van der Waals surface area contributed by atoms with Crippen LogP contribution in [0.1, 0.15) is 0 Å². The van der Waals surface area contributed by atoms with Crippen LogP contribution in [0, 0.1) is 0 Å². The summed E-state index contributed by atoms with van der Waals surface area (Å²) >= 11 is 1.21. The van der Waals surface area contributed by atoms with Crippen LogP contribution in [0.15, 0.2) is 26.7 Å². The highest BCUT2D eigenvalue weighted by molar-refractivity contribution is 7.91. The number of sulfonamides is 1. The third-order valence-electron chi connectivity index (χ3n) is 3.18. The van der Waals surface area contributed by atoms with Gasteiger partial charge in [0.1, 0.15) is 4.21 Å². The molecule has 0 spiro atoms. The molecule has 118 valence electrons. The van der Waals surface area contributed by atoms with Gasteiger partial charge in [-0.3, -0.25) is 4.99 Å². The van der Waals surface area contributed by atoms with E-state index in [1.807, 2.05) is 4.90 Å². The van der Waals surface area contributed by atoms with Gasteiger partial charge < -0.3 is 15.4 Å². The highest BCUT2D eigenvalue weighted by Crippen LogP contribution is 2.19. The summed E-state index contributed by atoms with van der Waals surface area (Å²) in [4.78, 5) is 6.19. The van der Waals surface area contributed by atoms with Crippen LogP contribution in [0.4, 0.5) is 0 Å². The number of guanidine groups is 1. The molecule has 2 rings (SSSR count). The molecule has 1 aliphatic rings. The number of nitrogens with two attached hydrogens (primary N) is 1. The lowest BCUT2D eigenvalue weighted by Crippen LogP contribution is -2.45. The van der Waals surface area contributed by atoms with Gasteiger partial charge in [-0.05, 0) is 11.4 Å². The summed E-state index contributed by atoms with van der Waals surface area (Å²) in [6, 6.07) is 3.32. The molecule has 1 fully saturated rings. The zero-order valence-corrected chi connectivity index (χ0v) is 13.6. The molecule has 7 nitrogen and oxygen atoms in total. The quantitative estimate of drug-likeness (QED) is 0.606. The van der Waals surface area contributed by atoms with Crippen molar-refractivity contribution in [3.63, 3.8) is 0 Å². The Morgan fingerprint density at radius 3 is 2.86 bits per heavy atom. The van der Waals surface area contributed by atoms with E-state index in [9.17, 15) is 8.42 Å². The summed E-state index contributed by atoms with van der Waals surface area (Å²) in [5, 5.41) is 1.75. The lowest BCUT2D eigenvalue weighted by Gasteiger charge is -2.27. The molecule has 1 aliphatic heterocycles. The Balaban J connectivity index is 1.87. The summed E-state index contributed by atoms with van der Waals surface area (Å²) in [7, 11) is -1.86. The van der Waals surface area contributed by atoms with Crippen LogP contribution in [0.2, 0.25) is 0 Å². The normalized spacial score (nSPS) is 17.4. The van der Waals surface area contributed by atoms with Gasteiger partial charge in [0.15, 0.2) is 5.96 Å². The van der Waals surface area contributed by atoms with Crippen molar-refractivity contribution < 1.29 is 13.2 Å². The average Bonchev–Trinajstić information content (AvgIpc) is 3.02. The zero-order valence-electron chi connectivity index (χ0n) is 11.9. The van der Waals surface area contributed by atoms with Crippen LogP contribution < -0.4 is 5.73 Å². The first-order valence-electron chi connectivity index (χ1n) is 6.64. The molecule has 0 amide bonds. The molecule has 0 aromatic carbocycles. The van der Waals surface area contributed by atoms with E-state index in [2.05, 4.69) is 4.99 Å². The molecular weight excluding hydrogens is 312 g/mol. The summed E-state index contributed by atoms with van der Waals surface area (Å²) < 4.78 is 31.3. The molecule has 0 bridgehead atoms. The van der Waals surface area contributed by atoms with E-state index in [4.69, 9.17) is 10.5 Å². The first-order valence-corrected chi connectivity index (χ1v) is 8.96. The largest absolute Gasteiger partial charge is 0.378 e. The SMILES string of the molecule is CN(CCN=C(N)N1CCOCC1)S(=O)(=O)c1cccs1. The molecule has 0 unspecified atom stereocenters. The molecule has 9 heteroatoms. The van der Waals surface area contributed by atoms with Crippen LogP contribution in [-0.2, 0) is 14.8 Å². The lowest BCUT2D eigenvalue weighted by molar-refractivity contribution is 0.0674. The zero-order chi connectivity index (χ0) is 15.3. The predicted molar refractivity (Wildman–Crippen MR) is 83.0 cm³/mol. The average molecular weight is 332 g/mol. The molecular formula is C12H20N4O3S2. The topological polar surface area (TPSA) is 88.2 Å². The number of thiophene rings is 1. The van der Waals surface area contributed by atoms with Crippen molar-refractivity contribution in [2.24, 2.45) is 10.7 Å². The van der Waals surface area contributed by atoms with Crippen LogP contribution in [0.25, 0.3) is 0 Å². The monoisotopic (exact) mass is 332 g/mol. The second kappa shape index (κ2) is 7.21. The molecule has 1 aromatic rings. The van der Waals surface area contributed by atoms with Gasteiger partial charge in [-0.2, -0.15) is 4.31 Å². The maximum absolute atomic E-state index is 12.2. The second-order valence-corrected chi connectivity index (χ2v) is 7.82. The van der Waals surface area contributed by atoms with Crippen molar-refractivity contribution in [2.45, 2.75) is 4.21 Å². The minimum absolute atomic E-state index is 0.297. The van der Waals surface area contributed by atoms with E-state index in [-0.39, 0.29) is 0 Å². The third kappa shape index (κ3) is 4.16. The van der Waals surface area contributed by atoms with E-state index in [0.29, 0.717) is 36.5 Å². The Hall–Kier alpha value is -1.16. The fraction of sp³-hybridized carbons (Fsp3) is 0.583. The van der Waals surface area contributed by atoms with E-state index in [1.54, 1.807) is 24.6 Å². The van der Waals surface area contributed by atoms with Gasteiger partial charge >= 0.3 is 0 Å². The third-order valence-corrected chi connectivity index (χ3v) is 6.41. The number of morpholine rings is 1. The van der Waals surface area contributed by atoms with Crippen molar-refractivity contribution in [2.75, 3.05) is 46.4 Å². The summed E-state index contributed by atoms with van der Waals surface area (Å²) in [5.74, 6) is 0.445. The van der Waals surface area contributed by atoms with Gasteiger partial charge in [-0.1, -0.05) is 6.07 Å². The molecule has 2 heterocycles. The number of hydrogen-bond donors (Lipinski definition) is 1. The first kappa shape index (κ1) is 16.2. The minimum atomic E-state index is -3.41. The van der Waals surface area contributed by atoms with E-state index >= 15 is 0 Å². The summed E-state index contributed by atoms with van der Waals surface area (Å²) in [5.41, 5.74) is 5.89. The molecule has 21 heavy (non-hydrogen) atoms. The number of likely N-dealkylation sites (N-methyl/N-ethyl adjacent to an activating group) is 1. The maximum atomic E-state index is 12.2. The first-order chi connectivity index (χ1) is 10.0. The van der Waals surface area contributed by atoms with Crippen LogP contribution in [-0.4, -0.2) is 70.0 Å². The Morgan fingerprint density at radius 2 is 2.24 bits per heavy atom. The van der Waals surface area contributed by atoms with E-state index < -0.39 is 10.0 Å². The minimum Gasteiger partial charge on any atom is -0.378 e. The molecule has 1 aromatic heterocycles. The highest BCUT2D eigenvalue weighted by atomic mass is 32.2. The Morgan fingerprint density at radius 1 is 1.52 bits per heavy atom. The molecule has 0 atom stereocenters. The lowest BCUT2D eigenvalue weighted by atomic mass is 10.4. The van der Waals surface area contributed by atoms with Crippen molar-refractivity contribution in [1.29, 1.82) is 0 Å². The van der Waals surface area contributed by atoms with Crippen molar-refractivity contribution in [3.8, 4) is 0 Å². The molecule has 0 saturated carbocycles. The number of aliphatic imine (C=N–C) groups is 1. The molecule has 0 radical (unpaired) electrons. The predicted octanol–water partition coefficient (Wildman–Crippen LogP) is 0.0155. The summed E-state index contributed by atoms with van der Waals surface area (Å²) in [6.45, 7) is 3.36. The molecule has 1 saturated heterocycles. The van der Waals surface area contributed by atoms with E-state index in [0.717, 1.165) is 13.1 Å². The number of nitrogens with zero attached hydrogens (tertiary/aromatic N) is 3. The van der Waals surface area contributed by atoms with Gasteiger partial charge in [0.2, 0.25) is 0 Å². The standard InChI is InChI=1S/C12H20N4O3S2/c1-15(21(17,18)11-3-2-10-20-11)5-4-14-12(13)16-6-8-19-9-7-16/h2-3,10H,4-9H2,1H3,(H2,13,14). The maximum Gasteiger partial charge on any atom is 0.252 e. The number of hydrogen-bond acceptors (Lipinski definition) is 5. The fourth-order valence-electron chi connectivity index (χ4n) is 1.88. The summed E-state index contributed by atoms with van der Waals surface area (Å²) in [6.07, 6.45) is 0. The number of rotatable bonds is 5. The van der Waals surface area contributed by atoms with Crippen molar-refractivity contribution in [1.82, 2.24) is 9.21 Å².